The Hall–Kier alpha value is -1.20. The van der Waals surface area contributed by atoms with Crippen molar-refractivity contribution in [2.75, 3.05) is 0 Å². The molecule has 0 saturated heterocycles. The normalized spacial score (nSPS) is 14.2. The van der Waals surface area contributed by atoms with Crippen LogP contribution in [0.3, 0.4) is 0 Å². The van der Waals surface area contributed by atoms with E-state index in [2.05, 4.69) is 21.0 Å². The minimum Gasteiger partial charge on any atom is -0.385 e. The average molecular weight is 355 g/mol. The highest BCUT2D eigenvalue weighted by atomic mass is 79.9. The molecule has 0 radical (unpaired) electrons. The van der Waals surface area contributed by atoms with Gasteiger partial charge in [0, 0.05) is 13.0 Å². The summed E-state index contributed by atoms with van der Waals surface area (Å²) in [5.74, 6) is -0.343. The van der Waals surface area contributed by atoms with Crippen molar-refractivity contribution in [3.05, 3.63) is 51.5 Å². The molecule has 0 aliphatic rings. The summed E-state index contributed by atoms with van der Waals surface area (Å²) in [6, 6.07) is 6.11. The van der Waals surface area contributed by atoms with Gasteiger partial charge in [-0.25, -0.2) is 4.39 Å². The Bertz CT molecular complexity index is 637. The van der Waals surface area contributed by atoms with Gasteiger partial charge in [-0.3, -0.25) is 4.68 Å². The fourth-order valence-corrected chi connectivity index (χ4v) is 3.14. The van der Waals surface area contributed by atoms with E-state index >= 15 is 0 Å². The molecular weight excluding hydrogens is 335 g/mol. The number of halogens is 2. The molecule has 1 atom stereocenters. The van der Waals surface area contributed by atoms with Crippen LogP contribution in [0.1, 0.15) is 37.7 Å². The molecule has 0 amide bonds. The number of hydrogen-bond acceptors (Lipinski definition) is 2. The van der Waals surface area contributed by atoms with Crippen molar-refractivity contribution in [3.63, 3.8) is 0 Å². The molecular formula is C16H20BrFN2O. The summed E-state index contributed by atoms with van der Waals surface area (Å²) in [7, 11) is 0. The van der Waals surface area contributed by atoms with Crippen LogP contribution in [0, 0.1) is 5.82 Å². The fraction of sp³-hybridized carbons (Fsp3) is 0.438. The van der Waals surface area contributed by atoms with Gasteiger partial charge in [0.1, 0.15) is 5.82 Å². The summed E-state index contributed by atoms with van der Waals surface area (Å²) in [6.45, 7) is 6.49. The fourth-order valence-electron chi connectivity index (χ4n) is 2.44. The molecule has 1 aromatic carbocycles. The van der Waals surface area contributed by atoms with Gasteiger partial charge in [-0.1, -0.05) is 19.1 Å². The lowest BCUT2D eigenvalue weighted by Gasteiger charge is -2.24. The molecule has 114 valence electrons. The van der Waals surface area contributed by atoms with Crippen LogP contribution in [0.5, 0.6) is 0 Å². The predicted octanol–water partition coefficient (Wildman–Crippen LogP) is 3.82. The molecule has 0 spiro atoms. The Kier molecular flexibility index (Phi) is 4.84. The molecule has 1 heterocycles. The minimum atomic E-state index is -1.15. The van der Waals surface area contributed by atoms with Gasteiger partial charge in [0.2, 0.25) is 0 Å². The first kappa shape index (κ1) is 16.2. The van der Waals surface area contributed by atoms with Crippen LogP contribution in [0.15, 0.2) is 28.7 Å². The maximum absolute atomic E-state index is 13.4. The van der Waals surface area contributed by atoms with Crippen molar-refractivity contribution in [1.82, 2.24) is 9.78 Å². The smallest absolute Gasteiger partial charge is 0.123 e. The largest absolute Gasteiger partial charge is 0.385 e. The molecule has 1 aromatic heterocycles. The second kappa shape index (κ2) is 6.28. The molecule has 0 saturated carbocycles. The van der Waals surface area contributed by atoms with Gasteiger partial charge >= 0.3 is 0 Å². The van der Waals surface area contributed by atoms with Gasteiger partial charge in [0.15, 0.2) is 0 Å². The highest BCUT2D eigenvalue weighted by molar-refractivity contribution is 9.10. The zero-order chi connectivity index (χ0) is 15.6. The van der Waals surface area contributed by atoms with Crippen LogP contribution in [-0.2, 0) is 25.0 Å². The maximum Gasteiger partial charge on any atom is 0.123 e. The van der Waals surface area contributed by atoms with E-state index in [1.165, 1.54) is 12.1 Å². The Balaban J connectivity index is 2.38. The van der Waals surface area contributed by atoms with Crippen LogP contribution in [0.2, 0.25) is 0 Å². The summed E-state index contributed by atoms with van der Waals surface area (Å²) >= 11 is 3.57. The average Bonchev–Trinajstić information content (AvgIpc) is 2.75. The Morgan fingerprint density at radius 1 is 1.38 bits per heavy atom. The molecule has 0 bridgehead atoms. The first-order chi connectivity index (χ1) is 9.89. The molecule has 21 heavy (non-hydrogen) atoms. The van der Waals surface area contributed by atoms with E-state index in [1.54, 1.807) is 19.1 Å². The molecule has 0 aliphatic carbocycles. The van der Waals surface area contributed by atoms with E-state index in [1.807, 2.05) is 18.5 Å². The molecule has 3 nitrogen and oxygen atoms in total. The zero-order valence-electron chi connectivity index (χ0n) is 12.5. The number of aliphatic hydroxyl groups is 1. The summed E-state index contributed by atoms with van der Waals surface area (Å²) in [6.07, 6.45) is 1.20. The number of nitrogens with zero attached hydrogens (tertiary/aromatic N) is 2. The van der Waals surface area contributed by atoms with E-state index in [-0.39, 0.29) is 5.82 Å². The van der Waals surface area contributed by atoms with E-state index in [0.29, 0.717) is 12.0 Å². The predicted molar refractivity (Wildman–Crippen MR) is 84.7 cm³/mol. The lowest BCUT2D eigenvalue weighted by molar-refractivity contribution is 0.0549. The topological polar surface area (TPSA) is 38.0 Å². The second-order valence-corrected chi connectivity index (χ2v) is 6.13. The van der Waals surface area contributed by atoms with Gasteiger partial charge in [0.25, 0.3) is 0 Å². The van der Waals surface area contributed by atoms with Crippen LogP contribution in [0.25, 0.3) is 0 Å². The maximum atomic E-state index is 13.4. The summed E-state index contributed by atoms with van der Waals surface area (Å²) in [5, 5.41) is 15.3. The van der Waals surface area contributed by atoms with Gasteiger partial charge in [-0.05, 0) is 53.9 Å². The van der Waals surface area contributed by atoms with E-state index < -0.39 is 5.60 Å². The molecule has 1 unspecified atom stereocenters. The van der Waals surface area contributed by atoms with E-state index in [0.717, 1.165) is 28.8 Å². The molecule has 5 heteroatoms. The number of rotatable bonds is 5. The number of aryl methyl sites for hydroxylation is 2. The van der Waals surface area contributed by atoms with Gasteiger partial charge in [0.05, 0.1) is 21.5 Å². The second-order valence-electron chi connectivity index (χ2n) is 5.34. The first-order valence-electron chi connectivity index (χ1n) is 7.11. The monoisotopic (exact) mass is 354 g/mol. The van der Waals surface area contributed by atoms with Crippen LogP contribution in [0.4, 0.5) is 4.39 Å². The van der Waals surface area contributed by atoms with Gasteiger partial charge in [-0.15, -0.1) is 0 Å². The number of benzene rings is 1. The molecule has 1 N–H and O–H groups in total. The third kappa shape index (κ3) is 3.35. The molecule has 0 aliphatic heterocycles. The summed E-state index contributed by atoms with van der Waals surface area (Å²) < 4.78 is 16.2. The van der Waals surface area contributed by atoms with Gasteiger partial charge < -0.3 is 5.11 Å². The standard InChI is InChI=1S/C16H20BrFN2O/c1-4-13-15(17)14(20(5-2)19-13)10-16(3,21)11-7-6-8-12(18)9-11/h6-9,21H,4-5,10H2,1-3H3. The molecule has 2 aromatic rings. The lowest BCUT2D eigenvalue weighted by atomic mass is 9.91. The van der Waals surface area contributed by atoms with Crippen LogP contribution >= 0.6 is 15.9 Å². The quantitative estimate of drug-likeness (QED) is 0.886. The Morgan fingerprint density at radius 2 is 2.10 bits per heavy atom. The van der Waals surface area contributed by atoms with E-state index in [4.69, 9.17) is 0 Å². The Morgan fingerprint density at radius 3 is 2.67 bits per heavy atom. The minimum absolute atomic E-state index is 0.343. The first-order valence-corrected chi connectivity index (χ1v) is 7.90. The zero-order valence-corrected chi connectivity index (χ0v) is 14.1. The number of aromatic nitrogens is 2. The van der Waals surface area contributed by atoms with Crippen molar-refractivity contribution in [2.45, 2.75) is 45.8 Å². The number of hydrogen-bond donors (Lipinski definition) is 1. The van der Waals surface area contributed by atoms with Crippen LogP contribution in [-0.4, -0.2) is 14.9 Å². The third-order valence-electron chi connectivity index (χ3n) is 3.65. The van der Waals surface area contributed by atoms with Crippen molar-refractivity contribution < 1.29 is 9.50 Å². The van der Waals surface area contributed by atoms with Gasteiger partial charge in [-0.2, -0.15) is 5.10 Å². The summed E-state index contributed by atoms with van der Waals surface area (Å²) in [5.41, 5.74) is 1.32. The highest BCUT2D eigenvalue weighted by Gasteiger charge is 2.28. The lowest BCUT2D eigenvalue weighted by Crippen LogP contribution is -2.26. The SMILES string of the molecule is CCc1nn(CC)c(CC(C)(O)c2cccc(F)c2)c1Br. The molecule has 2 rings (SSSR count). The van der Waals surface area contributed by atoms with Crippen LogP contribution < -0.4 is 0 Å². The van der Waals surface area contributed by atoms with Crippen molar-refractivity contribution in [3.8, 4) is 0 Å². The Labute approximate surface area is 132 Å². The molecule has 0 fully saturated rings. The van der Waals surface area contributed by atoms with Crippen molar-refractivity contribution in [1.29, 1.82) is 0 Å². The summed E-state index contributed by atoms with van der Waals surface area (Å²) in [4.78, 5) is 0. The van der Waals surface area contributed by atoms with E-state index in [9.17, 15) is 9.50 Å². The third-order valence-corrected chi connectivity index (χ3v) is 4.57. The van der Waals surface area contributed by atoms with Crippen molar-refractivity contribution in [2.24, 2.45) is 0 Å². The highest BCUT2D eigenvalue weighted by Crippen LogP contribution is 2.31. The van der Waals surface area contributed by atoms with Crippen molar-refractivity contribution >= 4 is 15.9 Å².